The summed E-state index contributed by atoms with van der Waals surface area (Å²) in [5, 5.41) is 0. The largest absolute Gasteiger partial charge is 0.335 e. The van der Waals surface area contributed by atoms with E-state index in [4.69, 9.17) is 0 Å². The van der Waals surface area contributed by atoms with Gasteiger partial charge in [-0.25, -0.2) is 0 Å². The Kier molecular flexibility index (Phi) is 5.97. The van der Waals surface area contributed by atoms with E-state index in [0.717, 1.165) is 23.7 Å². The topological polar surface area (TPSA) is 37.4 Å². The molecular formula is C17H22BrNO2. The van der Waals surface area contributed by atoms with Crippen molar-refractivity contribution in [3.63, 3.8) is 0 Å². The van der Waals surface area contributed by atoms with Crippen LogP contribution in [0.5, 0.6) is 0 Å². The molecule has 1 fully saturated rings. The molecule has 4 heteroatoms. The number of ketones is 1. The Hall–Kier alpha value is -1.16. The lowest BCUT2D eigenvalue weighted by Crippen LogP contribution is -2.35. The van der Waals surface area contributed by atoms with Crippen LogP contribution in [0, 0.1) is 5.92 Å². The molecule has 114 valence electrons. The number of carbonyl (C=O) groups is 2. The smallest absolute Gasteiger partial charge is 0.222 e. The standard InChI is InChI=1S/C17H22BrNO2/c1-2-5-13-8-9-17(21)19(11-10-13)12-16(20)14-6-3-4-7-15(14)18/h3-4,6-7,13H,2,5,8-12H2,1H3. The summed E-state index contributed by atoms with van der Waals surface area (Å²) in [6.07, 6.45) is 4.90. The molecule has 0 aromatic heterocycles. The van der Waals surface area contributed by atoms with Crippen molar-refractivity contribution in [1.29, 1.82) is 0 Å². The van der Waals surface area contributed by atoms with Gasteiger partial charge in [0.15, 0.2) is 5.78 Å². The van der Waals surface area contributed by atoms with Crippen molar-refractivity contribution < 1.29 is 9.59 Å². The summed E-state index contributed by atoms with van der Waals surface area (Å²) in [6, 6.07) is 7.39. The number of hydrogen-bond acceptors (Lipinski definition) is 2. The lowest BCUT2D eigenvalue weighted by molar-refractivity contribution is -0.130. The maximum absolute atomic E-state index is 12.4. The zero-order valence-electron chi connectivity index (χ0n) is 12.5. The van der Waals surface area contributed by atoms with E-state index in [1.807, 2.05) is 18.2 Å². The normalized spacial score (nSPS) is 19.4. The van der Waals surface area contributed by atoms with E-state index in [1.54, 1.807) is 11.0 Å². The molecular weight excluding hydrogens is 330 g/mol. The van der Waals surface area contributed by atoms with Crippen LogP contribution in [-0.2, 0) is 4.79 Å². The molecule has 1 aromatic carbocycles. The van der Waals surface area contributed by atoms with Gasteiger partial charge >= 0.3 is 0 Å². The molecule has 1 aromatic rings. The Bertz CT molecular complexity index is 515. The number of Topliss-reactive ketones (excluding diaryl/α,β-unsaturated/α-hetero) is 1. The van der Waals surface area contributed by atoms with Gasteiger partial charge in [0.25, 0.3) is 0 Å². The molecule has 3 nitrogen and oxygen atoms in total. The molecule has 1 aliphatic rings. The Morgan fingerprint density at radius 2 is 2.10 bits per heavy atom. The van der Waals surface area contributed by atoms with Gasteiger partial charge in [-0.3, -0.25) is 9.59 Å². The molecule has 0 spiro atoms. The van der Waals surface area contributed by atoms with E-state index in [9.17, 15) is 9.59 Å². The lowest BCUT2D eigenvalue weighted by Gasteiger charge is -2.20. The van der Waals surface area contributed by atoms with Crippen LogP contribution in [0.4, 0.5) is 0 Å². The fraction of sp³-hybridized carbons (Fsp3) is 0.529. The Balaban J connectivity index is 2.00. The van der Waals surface area contributed by atoms with E-state index >= 15 is 0 Å². The van der Waals surface area contributed by atoms with E-state index in [0.29, 0.717) is 24.4 Å². The van der Waals surface area contributed by atoms with Crippen molar-refractivity contribution in [1.82, 2.24) is 4.90 Å². The highest BCUT2D eigenvalue weighted by Gasteiger charge is 2.24. The zero-order chi connectivity index (χ0) is 15.2. The summed E-state index contributed by atoms with van der Waals surface area (Å²) < 4.78 is 0.793. The first-order valence-electron chi connectivity index (χ1n) is 7.67. The van der Waals surface area contributed by atoms with Crippen LogP contribution in [0.3, 0.4) is 0 Å². The summed E-state index contributed by atoms with van der Waals surface area (Å²) in [7, 11) is 0. The molecule has 1 heterocycles. The second-order valence-corrected chi connectivity index (χ2v) is 6.55. The fourth-order valence-electron chi connectivity index (χ4n) is 2.90. The van der Waals surface area contributed by atoms with Crippen molar-refractivity contribution in [2.45, 2.75) is 39.0 Å². The highest BCUT2D eigenvalue weighted by atomic mass is 79.9. The van der Waals surface area contributed by atoms with Gasteiger partial charge in [0.05, 0.1) is 6.54 Å². The van der Waals surface area contributed by atoms with Gasteiger partial charge in [-0.1, -0.05) is 53.9 Å². The molecule has 1 atom stereocenters. The van der Waals surface area contributed by atoms with Crippen molar-refractivity contribution >= 4 is 27.6 Å². The number of benzene rings is 1. The van der Waals surface area contributed by atoms with Crippen LogP contribution in [-0.4, -0.2) is 29.7 Å². The average Bonchev–Trinajstić information content (AvgIpc) is 2.64. The maximum atomic E-state index is 12.4. The summed E-state index contributed by atoms with van der Waals surface area (Å²) in [5.41, 5.74) is 0.652. The molecule has 0 saturated carbocycles. The van der Waals surface area contributed by atoms with E-state index < -0.39 is 0 Å². The van der Waals surface area contributed by atoms with Gasteiger partial charge in [0.1, 0.15) is 0 Å². The maximum Gasteiger partial charge on any atom is 0.222 e. The quantitative estimate of drug-likeness (QED) is 0.750. The minimum Gasteiger partial charge on any atom is -0.335 e. The van der Waals surface area contributed by atoms with Crippen molar-refractivity contribution in [3.8, 4) is 0 Å². The molecule has 21 heavy (non-hydrogen) atoms. The highest BCUT2D eigenvalue weighted by Crippen LogP contribution is 2.23. The molecule has 0 aliphatic carbocycles. The van der Waals surface area contributed by atoms with Gasteiger partial charge in [-0.15, -0.1) is 0 Å². The minimum atomic E-state index is 0.00441. The fourth-order valence-corrected chi connectivity index (χ4v) is 3.41. The third-order valence-electron chi connectivity index (χ3n) is 4.13. The molecule has 2 rings (SSSR count). The molecule has 1 amide bonds. The number of likely N-dealkylation sites (tertiary alicyclic amines) is 1. The summed E-state index contributed by atoms with van der Waals surface area (Å²) in [5.74, 6) is 0.751. The molecule has 1 saturated heterocycles. The van der Waals surface area contributed by atoms with Crippen LogP contribution in [0.15, 0.2) is 28.7 Å². The Labute approximate surface area is 134 Å². The number of amides is 1. The third-order valence-corrected chi connectivity index (χ3v) is 4.82. The van der Waals surface area contributed by atoms with Gasteiger partial charge in [-0.05, 0) is 24.8 Å². The molecule has 0 bridgehead atoms. The first-order valence-corrected chi connectivity index (χ1v) is 8.46. The van der Waals surface area contributed by atoms with Crippen molar-refractivity contribution in [2.75, 3.05) is 13.1 Å². The SMILES string of the molecule is CCCC1CCC(=O)N(CC(=O)c2ccccc2Br)CC1. The first-order chi connectivity index (χ1) is 10.1. The second kappa shape index (κ2) is 7.74. The van der Waals surface area contributed by atoms with Crippen LogP contribution >= 0.6 is 15.9 Å². The molecule has 0 radical (unpaired) electrons. The predicted octanol–water partition coefficient (Wildman–Crippen LogP) is 4.06. The predicted molar refractivity (Wildman–Crippen MR) is 87.3 cm³/mol. The van der Waals surface area contributed by atoms with E-state index in [2.05, 4.69) is 22.9 Å². The average molecular weight is 352 g/mol. The van der Waals surface area contributed by atoms with Crippen molar-refractivity contribution in [2.24, 2.45) is 5.92 Å². The van der Waals surface area contributed by atoms with Crippen molar-refractivity contribution in [3.05, 3.63) is 34.3 Å². The van der Waals surface area contributed by atoms with Crippen LogP contribution in [0.2, 0.25) is 0 Å². The van der Waals surface area contributed by atoms with Gasteiger partial charge in [0, 0.05) is 23.0 Å². The molecule has 1 aliphatic heterocycles. The number of halogens is 1. The Morgan fingerprint density at radius 1 is 1.33 bits per heavy atom. The number of nitrogens with zero attached hydrogens (tertiary/aromatic N) is 1. The number of hydrogen-bond donors (Lipinski definition) is 0. The summed E-state index contributed by atoms with van der Waals surface area (Å²) in [4.78, 5) is 26.3. The number of rotatable bonds is 5. The minimum absolute atomic E-state index is 0.00441. The van der Waals surface area contributed by atoms with Gasteiger partial charge in [0.2, 0.25) is 5.91 Å². The van der Waals surface area contributed by atoms with Gasteiger partial charge < -0.3 is 4.90 Å². The lowest BCUT2D eigenvalue weighted by atomic mass is 9.96. The second-order valence-electron chi connectivity index (χ2n) is 5.70. The van der Waals surface area contributed by atoms with Crippen LogP contribution < -0.4 is 0 Å². The Morgan fingerprint density at radius 3 is 2.81 bits per heavy atom. The first kappa shape index (κ1) is 16.2. The third kappa shape index (κ3) is 4.40. The monoisotopic (exact) mass is 351 g/mol. The van der Waals surface area contributed by atoms with Crippen LogP contribution in [0.1, 0.15) is 49.4 Å². The highest BCUT2D eigenvalue weighted by molar-refractivity contribution is 9.10. The van der Waals surface area contributed by atoms with Gasteiger partial charge in [-0.2, -0.15) is 0 Å². The number of carbonyl (C=O) groups excluding carboxylic acids is 2. The zero-order valence-corrected chi connectivity index (χ0v) is 14.1. The molecule has 1 unspecified atom stereocenters. The van der Waals surface area contributed by atoms with Crippen LogP contribution in [0.25, 0.3) is 0 Å². The van der Waals surface area contributed by atoms with E-state index in [-0.39, 0.29) is 18.2 Å². The summed E-state index contributed by atoms with van der Waals surface area (Å²) in [6.45, 7) is 3.08. The molecule has 0 N–H and O–H groups in total. The summed E-state index contributed by atoms with van der Waals surface area (Å²) >= 11 is 3.40. The van der Waals surface area contributed by atoms with E-state index in [1.165, 1.54) is 6.42 Å².